The predicted molar refractivity (Wildman–Crippen MR) is 194 cm³/mol. The van der Waals surface area contributed by atoms with Gasteiger partial charge in [-0.25, -0.2) is 0 Å². The summed E-state index contributed by atoms with van der Waals surface area (Å²) in [6.07, 6.45) is -2.18. The maximum atomic E-state index is 9.33. The van der Waals surface area contributed by atoms with Crippen molar-refractivity contribution in [3.05, 3.63) is 190 Å². The molecule has 8 aromatic carbocycles. The Labute approximate surface area is 304 Å². The van der Waals surface area contributed by atoms with E-state index in [1.54, 1.807) is 0 Å². The van der Waals surface area contributed by atoms with Gasteiger partial charge in [-0.05, 0) is 91.7 Å². The van der Waals surface area contributed by atoms with Crippen LogP contribution in [0.4, 0.5) is 0 Å². The van der Waals surface area contributed by atoms with E-state index in [1.807, 2.05) is 0 Å². The lowest BCUT2D eigenvalue weighted by atomic mass is 9.86. The summed E-state index contributed by atoms with van der Waals surface area (Å²) in [4.78, 5) is 0. The van der Waals surface area contributed by atoms with Crippen LogP contribution in [0.5, 0.6) is 0 Å². The highest BCUT2D eigenvalue weighted by molar-refractivity contribution is 6.16. The first-order valence-electron chi connectivity index (χ1n) is 27.0. The number of hydrogen-bond acceptors (Lipinski definition) is 1. The summed E-state index contributed by atoms with van der Waals surface area (Å²) in [5, 5.41) is -2.70. The second-order valence-electron chi connectivity index (χ2n) is 10.4. The molecule has 1 heteroatoms. The monoisotopic (exact) mass is 614 g/mol. The van der Waals surface area contributed by atoms with Crippen LogP contribution in [0, 0.1) is 0 Å². The maximum Gasteiger partial charge on any atom is 0.143 e. The summed E-state index contributed by atoms with van der Waals surface area (Å²) in [6.45, 7) is 0. The van der Waals surface area contributed by atoms with Crippen molar-refractivity contribution in [3.8, 4) is 0 Å². The Hall–Kier alpha value is -5.66. The first kappa shape index (κ1) is 11.3. The smallest absolute Gasteiger partial charge is 0.143 e. The first-order chi connectivity index (χ1) is 33.6. The number of benzene rings is 8. The molecule has 0 spiro atoms. The van der Waals surface area contributed by atoms with Gasteiger partial charge in [0, 0.05) is 16.2 Å². The summed E-state index contributed by atoms with van der Waals surface area (Å²) < 4.78 is 234. The Kier molecular flexibility index (Phi) is 2.71. The van der Waals surface area contributed by atoms with E-state index in [9.17, 15) is 8.22 Å². The van der Waals surface area contributed by atoms with Crippen LogP contribution in [0.1, 0.15) is 69.0 Å². The van der Waals surface area contributed by atoms with Crippen molar-refractivity contribution >= 4 is 54.3 Å². The topological polar surface area (TPSA) is 13.1 Å². The van der Waals surface area contributed by atoms with Gasteiger partial charge >= 0.3 is 0 Å². The molecular formula is C45H32O. The molecule has 218 valence electrons. The molecule has 0 N–H and O–H groups in total. The minimum absolute atomic E-state index is 0.227. The Bertz CT molecular complexity index is 3890. The normalized spacial score (nSPS) is 19.7. The largest absolute Gasteiger partial charge is 0.455 e. The van der Waals surface area contributed by atoms with E-state index in [0.29, 0.717) is 0 Å². The van der Waals surface area contributed by atoms with E-state index in [-0.39, 0.29) is 70.9 Å². The van der Waals surface area contributed by atoms with Crippen LogP contribution < -0.4 is 0 Å². The number of hydrogen-bond donors (Lipinski definition) is 0. The highest BCUT2D eigenvalue weighted by atomic mass is 16.3. The van der Waals surface area contributed by atoms with E-state index < -0.39 is 193 Å². The summed E-state index contributed by atoms with van der Waals surface area (Å²) in [5.74, 6) is 0. The quantitative estimate of drug-likeness (QED) is 0.170. The Morgan fingerprint density at radius 3 is 1.54 bits per heavy atom. The van der Waals surface area contributed by atoms with Crippen LogP contribution in [0.15, 0.2) is 162 Å². The molecule has 0 unspecified atom stereocenters. The van der Waals surface area contributed by atoms with Gasteiger partial charge in [-0.15, -0.1) is 0 Å². The molecule has 0 bridgehead atoms. The van der Waals surface area contributed by atoms with Crippen LogP contribution in [0.3, 0.4) is 0 Å². The molecule has 0 radical (unpaired) electrons. The van der Waals surface area contributed by atoms with E-state index in [1.165, 1.54) is 0 Å². The lowest BCUT2D eigenvalue weighted by molar-refractivity contribution is 0.672. The van der Waals surface area contributed by atoms with E-state index in [0.717, 1.165) is 0 Å². The molecule has 9 aromatic rings. The van der Waals surface area contributed by atoms with Crippen LogP contribution >= 0.6 is 0 Å². The lowest BCUT2D eigenvalue weighted by Crippen LogP contribution is -1.98. The van der Waals surface area contributed by atoms with Crippen molar-refractivity contribution < 1.29 is 40.1 Å². The van der Waals surface area contributed by atoms with Gasteiger partial charge < -0.3 is 4.42 Å². The standard InChI is InChI=1S/C45H32O/c1-2-11-30(12-3-1)28-41-36-16-6-8-18-38(36)42(39-19-9-7-17-37(39)41)29-32-23-21-31(22-24-32)27-34-14-10-20-43-44(34)40-26-25-33-13-4-5-15-35(33)45(40)46-43/h1-26H,27-29H2/i1D,2D,3D,4D,5D,6D,7D,8D,9D,10D,11D,12D,13D,14D,15D,16D,17D,18D,19D,20D,21D,22D,23D,24D,25D,26D. The second-order valence-corrected chi connectivity index (χ2v) is 10.4. The third kappa shape index (κ3) is 4.55. The van der Waals surface area contributed by atoms with Crippen molar-refractivity contribution in [2.75, 3.05) is 0 Å². The summed E-state index contributed by atoms with van der Waals surface area (Å²) in [7, 11) is 0. The maximum absolute atomic E-state index is 9.33. The van der Waals surface area contributed by atoms with Gasteiger partial charge in [0.1, 0.15) is 11.2 Å². The third-order valence-electron chi connectivity index (χ3n) is 7.75. The number of furan rings is 1. The first-order valence-corrected chi connectivity index (χ1v) is 14.0. The third-order valence-corrected chi connectivity index (χ3v) is 7.75. The zero-order valence-electron chi connectivity index (χ0n) is 49.5. The molecule has 0 amide bonds. The molecule has 0 aliphatic carbocycles. The van der Waals surface area contributed by atoms with Gasteiger partial charge in [0.15, 0.2) is 0 Å². The van der Waals surface area contributed by atoms with Crippen molar-refractivity contribution in [1.82, 2.24) is 0 Å². The minimum atomic E-state index is -0.809. The molecule has 46 heavy (non-hydrogen) atoms. The van der Waals surface area contributed by atoms with Gasteiger partial charge in [-0.1, -0.05) is 145 Å². The molecule has 0 saturated carbocycles. The van der Waals surface area contributed by atoms with Crippen LogP contribution in [-0.4, -0.2) is 0 Å². The highest BCUT2D eigenvalue weighted by Crippen LogP contribution is 2.38. The average Bonchev–Trinajstić information content (AvgIpc) is 3.76. The fraction of sp³-hybridized carbons (Fsp3) is 0.0667. The molecule has 0 atom stereocenters. The molecule has 0 aliphatic heterocycles. The number of rotatable bonds is 6. The van der Waals surface area contributed by atoms with Gasteiger partial charge in [-0.2, -0.15) is 0 Å². The Balaban J connectivity index is 1.33. The molecule has 9 rings (SSSR count). The fourth-order valence-electron chi connectivity index (χ4n) is 5.73. The van der Waals surface area contributed by atoms with Crippen molar-refractivity contribution in [2.45, 2.75) is 19.3 Å². The van der Waals surface area contributed by atoms with Crippen LogP contribution in [0.2, 0.25) is 0 Å². The van der Waals surface area contributed by atoms with Gasteiger partial charge in [0.05, 0.1) is 35.6 Å². The predicted octanol–water partition coefficient (Wildman–Crippen LogP) is 11.8. The summed E-state index contributed by atoms with van der Waals surface area (Å²) >= 11 is 0. The van der Waals surface area contributed by atoms with E-state index in [2.05, 4.69) is 0 Å². The van der Waals surface area contributed by atoms with E-state index >= 15 is 0 Å². The zero-order chi connectivity index (χ0) is 53.1. The van der Waals surface area contributed by atoms with Crippen LogP contribution in [0.25, 0.3) is 54.3 Å². The Morgan fingerprint density at radius 2 is 0.913 bits per heavy atom. The zero-order valence-corrected chi connectivity index (χ0v) is 23.5. The molecule has 1 heterocycles. The van der Waals surface area contributed by atoms with Gasteiger partial charge in [0.2, 0.25) is 0 Å². The molecule has 1 aromatic heterocycles. The SMILES string of the molecule is [2H]c1c([2H])c([2H])c(Cc2c3c([2H])c([2H])c([2H])c([2H])c3c(Cc3c([2H])c([2H])c(Cc4c([2H])c([2H])c([2H])c5oc6c7c([2H])c([2H])c([2H])c([2H])c7c([2H])c([2H])c6c45)c([2H])c3[2H])c3c([2H])c([2H])c([2H])c([2H])c23)c([2H])c1[2H]. The van der Waals surface area contributed by atoms with Crippen molar-refractivity contribution in [1.29, 1.82) is 0 Å². The molecule has 0 saturated heterocycles. The summed E-state index contributed by atoms with van der Waals surface area (Å²) in [6, 6.07) is -18.8. The van der Waals surface area contributed by atoms with Crippen molar-refractivity contribution in [3.63, 3.8) is 0 Å². The molecule has 0 aliphatic rings. The van der Waals surface area contributed by atoms with Gasteiger partial charge in [-0.3, -0.25) is 0 Å². The lowest BCUT2D eigenvalue weighted by Gasteiger charge is -2.17. The highest BCUT2D eigenvalue weighted by Gasteiger charge is 2.16. The molecule has 0 fully saturated rings. The number of fused-ring (bicyclic) bond motifs is 7. The average molecular weight is 615 g/mol. The Morgan fingerprint density at radius 1 is 0.391 bits per heavy atom. The molecular weight excluding hydrogens is 556 g/mol. The van der Waals surface area contributed by atoms with Crippen LogP contribution in [-0.2, 0) is 19.3 Å². The summed E-state index contributed by atoms with van der Waals surface area (Å²) in [5.41, 5.74) is -2.79. The minimum Gasteiger partial charge on any atom is -0.455 e. The molecule has 1 nitrogen and oxygen atoms in total. The van der Waals surface area contributed by atoms with E-state index in [4.69, 9.17) is 31.8 Å². The van der Waals surface area contributed by atoms with Gasteiger partial charge in [0.25, 0.3) is 0 Å². The second kappa shape index (κ2) is 11.1. The fourth-order valence-corrected chi connectivity index (χ4v) is 5.73. The van der Waals surface area contributed by atoms with Crippen molar-refractivity contribution in [2.24, 2.45) is 0 Å².